The van der Waals surface area contributed by atoms with E-state index in [1.165, 1.54) is 63.4 Å². The number of nitrogens with one attached hydrogen (secondary N) is 2. The lowest BCUT2D eigenvalue weighted by Gasteiger charge is -2.17. The Hall–Kier alpha value is -3.31. The van der Waals surface area contributed by atoms with Crippen LogP contribution in [-0.2, 0) is 19.6 Å². The van der Waals surface area contributed by atoms with E-state index in [0.29, 0.717) is 5.69 Å². The Morgan fingerprint density at radius 2 is 1.72 bits per heavy atom. The molecule has 0 heterocycles. The number of nitro benzene ring substituents is 1. The maximum absolute atomic E-state index is 12.6. The van der Waals surface area contributed by atoms with E-state index in [1.807, 2.05) is 0 Å². The molecule has 0 aromatic heterocycles. The number of hydrogen-bond acceptors (Lipinski definition) is 6. The molecule has 11 heteroatoms. The molecule has 0 saturated carbocycles. The Balaban J connectivity index is 2.11. The topological polar surface area (TPSA) is 139 Å². The van der Waals surface area contributed by atoms with Crippen LogP contribution in [0, 0.1) is 17.0 Å². The first-order valence-corrected chi connectivity index (χ1v) is 9.84. The monoisotopic (exact) mass is 420 g/mol. The van der Waals surface area contributed by atoms with E-state index in [4.69, 9.17) is 0 Å². The molecule has 2 amide bonds. The Morgan fingerprint density at radius 3 is 2.28 bits per heavy atom. The molecular weight excluding hydrogens is 400 g/mol. The molecule has 0 unspecified atom stereocenters. The number of benzene rings is 2. The molecule has 2 N–H and O–H groups in total. The van der Waals surface area contributed by atoms with Gasteiger partial charge < -0.3 is 10.6 Å². The molecule has 2 rings (SSSR count). The summed E-state index contributed by atoms with van der Waals surface area (Å²) in [5.74, 6) is -0.930. The van der Waals surface area contributed by atoms with Crippen molar-refractivity contribution in [2.75, 3.05) is 24.2 Å². The van der Waals surface area contributed by atoms with Gasteiger partial charge in [-0.15, -0.1) is 0 Å². The van der Waals surface area contributed by atoms with Crippen molar-refractivity contribution in [2.45, 2.75) is 18.7 Å². The summed E-state index contributed by atoms with van der Waals surface area (Å²) in [5, 5.41) is 16.0. The molecule has 2 aromatic carbocycles. The van der Waals surface area contributed by atoms with Crippen LogP contribution in [0.3, 0.4) is 0 Å². The first kappa shape index (κ1) is 22.0. The molecule has 0 saturated heterocycles. The van der Waals surface area contributed by atoms with Gasteiger partial charge >= 0.3 is 0 Å². The first-order valence-electron chi connectivity index (χ1n) is 8.40. The van der Waals surface area contributed by atoms with Crippen molar-refractivity contribution in [3.05, 3.63) is 58.1 Å². The van der Waals surface area contributed by atoms with E-state index >= 15 is 0 Å². The summed E-state index contributed by atoms with van der Waals surface area (Å²) < 4.78 is 26.1. The highest BCUT2D eigenvalue weighted by Crippen LogP contribution is 2.25. The summed E-state index contributed by atoms with van der Waals surface area (Å²) in [6, 6.07) is 9.75. The van der Waals surface area contributed by atoms with Crippen LogP contribution in [0.25, 0.3) is 0 Å². The summed E-state index contributed by atoms with van der Waals surface area (Å²) in [7, 11) is -2.70. The number of rotatable bonds is 7. The molecule has 0 atom stereocenters. The van der Waals surface area contributed by atoms with Gasteiger partial charge in [0.15, 0.2) is 0 Å². The second-order valence-electron chi connectivity index (χ2n) is 6.22. The predicted molar refractivity (Wildman–Crippen MR) is 107 cm³/mol. The van der Waals surface area contributed by atoms with Gasteiger partial charge in [0.2, 0.25) is 21.8 Å². The quantitative estimate of drug-likeness (QED) is 0.520. The minimum Gasteiger partial charge on any atom is -0.326 e. The van der Waals surface area contributed by atoms with Gasteiger partial charge in [0, 0.05) is 25.7 Å². The minimum absolute atomic E-state index is 0.0477. The maximum atomic E-state index is 12.6. The molecule has 29 heavy (non-hydrogen) atoms. The van der Waals surface area contributed by atoms with Gasteiger partial charge in [-0.3, -0.25) is 19.7 Å². The number of nitro groups is 1. The van der Waals surface area contributed by atoms with Crippen LogP contribution in [0.15, 0.2) is 47.4 Å². The van der Waals surface area contributed by atoms with Gasteiger partial charge in [-0.05, 0) is 37.3 Å². The molecule has 2 aromatic rings. The van der Waals surface area contributed by atoms with Crippen molar-refractivity contribution in [3.8, 4) is 0 Å². The highest BCUT2D eigenvalue weighted by atomic mass is 32.2. The zero-order chi connectivity index (χ0) is 21.8. The lowest BCUT2D eigenvalue weighted by atomic mass is 10.1. The molecule has 0 aliphatic carbocycles. The zero-order valence-electron chi connectivity index (χ0n) is 16.0. The second-order valence-corrected chi connectivity index (χ2v) is 8.27. The molecule has 0 spiro atoms. The van der Waals surface area contributed by atoms with Gasteiger partial charge in [-0.1, -0.05) is 6.07 Å². The van der Waals surface area contributed by atoms with Crippen molar-refractivity contribution in [2.24, 2.45) is 0 Å². The van der Waals surface area contributed by atoms with Crippen molar-refractivity contribution >= 4 is 38.9 Å². The summed E-state index contributed by atoms with van der Waals surface area (Å²) in [6.45, 7) is 2.34. The normalized spacial score (nSPS) is 11.2. The zero-order valence-corrected chi connectivity index (χ0v) is 16.8. The number of hydrogen-bond donors (Lipinski definition) is 2. The summed E-state index contributed by atoms with van der Waals surface area (Å²) in [4.78, 5) is 33.7. The summed E-state index contributed by atoms with van der Waals surface area (Å²) >= 11 is 0. The SMILES string of the molecule is CC(=O)Nc1ccc(S(=O)(=O)N(C)CC(=O)Nc2cccc([N+](=O)[O-])c2C)cc1. The fraction of sp³-hybridized carbons (Fsp3) is 0.222. The lowest BCUT2D eigenvalue weighted by molar-refractivity contribution is -0.385. The third kappa shape index (κ3) is 5.36. The smallest absolute Gasteiger partial charge is 0.274 e. The van der Waals surface area contributed by atoms with Gasteiger partial charge in [0.25, 0.3) is 5.69 Å². The number of carbonyl (C=O) groups is 2. The van der Waals surface area contributed by atoms with E-state index in [-0.39, 0.29) is 27.7 Å². The Bertz CT molecular complexity index is 1050. The molecular formula is C18H20N4O6S. The van der Waals surface area contributed by atoms with Crippen molar-refractivity contribution < 1.29 is 22.9 Å². The number of likely N-dealkylation sites (N-methyl/N-ethyl adjacent to an activating group) is 1. The van der Waals surface area contributed by atoms with Crippen LogP contribution in [0.4, 0.5) is 17.1 Å². The van der Waals surface area contributed by atoms with E-state index in [2.05, 4.69) is 10.6 Å². The van der Waals surface area contributed by atoms with Crippen molar-refractivity contribution in [3.63, 3.8) is 0 Å². The van der Waals surface area contributed by atoms with E-state index in [0.717, 1.165) is 4.31 Å². The van der Waals surface area contributed by atoms with Crippen LogP contribution >= 0.6 is 0 Å². The van der Waals surface area contributed by atoms with E-state index < -0.39 is 27.4 Å². The fourth-order valence-electron chi connectivity index (χ4n) is 2.53. The van der Waals surface area contributed by atoms with Crippen molar-refractivity contribution in [1.82, 2.24) is 4.31 Å². The van der Waals surface area contributed by atoms with Crippen LogP contribution < -0.4 is 10.6 Å². The molecule has 10 nitrogen and oxygen atoms in total. The Labute approximate surface area is 167 Å². The van der Waals surface area contributed by atoms with Crippen LogP contribution in [0.1, 0.15) is 12.5 Å². The largest absolute Gasteiger partial charge is 0.326 e. The highest BCUT2D eigenvalue weighted by molar-refractivity contribution is 7.89. The van der Waals surface area contributed by atoms with Gasteiger partial charge in [0.05, 0.1) is 27.6 Å². The molecule has 0 radical (unpaired) electrons. The van der Waals surface area contributed by atoms with Gasteiger partial charge in [-0.2, -0.15) is 4.31 Å². The standard InChI is InChI=1S/C18H20N4O6S/c1-12-16(5-4-6-17(12)22(25)26)20-18(24)11-21(3)29(27,28)15-9-7-14(8-10-15)19-13(2)23/h4-10H,11H2,1-3H3,(H,19,23)(H,20,24). The minimum atomic E-state index is -3.95. The number of amides is 2. The average molecular weight is 420 g/mol. The predicted octanol–water partition coefficient (Wildman–Crippen LogP) is 2.12. The van der Waals surface area contributed by atoms with Crippen LogP contribution in [0.5, 0.6) is 0 Å². The van der Waals surface area contributed by atoms with Crippen molar-refractivity contribution in [1.29, 1.82) is 0 Å². The highest BCUT2D eigenvalue weighted by Gasteiger charge is 2.24. The molecule has 0 aliphatic rings. The number of nitrogens with zero attached hydrogens (tertiary/aromatic N) is 2. The molecule has 0 fully saturated rings. The van der Waals surface area contributed by atoms with Gasteiger partial charge in [-0.25, -0.2) is 8.42 Å². The maximum Gasteiger partial charge on any atom is 0.274 e. The average Bonchev–Trinajstić information content (AvgIpc) is 2.63. The number of sulfonamides is 1. The number of carbonyl (C=O) groups excluding carboxylic acids is 2. The first-order chi connectivity index (χ1) is 13.5. The Kier molecular flexibility index (Phi) is 6.67. The summed E-state index contributed by atoms with van der Waals surface area (Å²) in [5.41, 5.74) is 0.792. The third-order valence-electron chi connectivity index (χ3n) is 4.03. The third-order valence-corrected chi connectivity index (χ3v) is 5.84. The molecule has 154 valence electrons. The molecule has 0 bridgehead atoms. The van der Waals surface area contributed by atoms with Gasteiger partial charge in [0.1, 0.15) is 0 Å². The lowest BCUT2D eigenvalue weighted by Crippen LogP contribution is -2.35. The number of anilines is 2. The van der Waals surface area contributed by atoms with Crippen LogP contribution in [-0.4, -0.2) is 43.1 Å². The fourth-order valence-corrected chi connectivity index (χ4v) is 3.65. The van der Waals surface area contributed by atoms with E-state index in [9.17, 15) is 28.1 Å². The van der Waals surface area contributed by atoms with Crippen LogP contribution in [0.2, 0.25) is 0 Å². The summed E-state index contributed by atoms with van der Waals surface area (Å²) in [6.07, 6.45) is 0. The Morgan fingerprint density at radius 1 is 1.10 bits per heavy atom. The molecule has 0 aliphatic heterocycles. The second kappa shape index (κ2) is 8.80. The van der Waals surface area contributed by atoms with E-state index in [1.54, 1.807) is 0 Å².